The molecule has 5 aromatic carbocycles. The first-order valence-corrected chi connectivity index (χ1v) is 16.7. The number of rotatable bonds is 9. The molecule has 2 N–H and O–H groups in total. The van der Waals surface area contributed by atoms with E-state index in [0.29, 0.717) is 29.5 Å². The quantitative estimate of drug-likeness (QED) is 0.163. The van der Waals surface area contributed by atoms with Crippen molar-refractivity contribution in [2.75, 3.05) is 0 Å². The number of carbonyl (C=O) groups excluding carboxylic acids is 1. The van der Waals surface area contributed by atoms with Crippen LogP contribution >= 0.6 is 11.8 Å². The van der Waals surface area contributed by atoms with E-state index in [-0.39, 0.29) is 17.5 Å². The fraction of sp³-hybridized carbons (Fsp3) is 0.150. The van der Waals surface area contributed by atoms with E-state index in [1.165, 1.54) is 12.1 Å². The van der Waals surface area contributed by atoms with Crippen molar-refractivity contribution in [3.8, 4) is 22.3 Å². The molecule has 0 atom stereocenters. The standard InChI is InChI=1S/C40H30F2N2O3S/c41-30-18-27(19-31(42)22-30)28-20-34(38(45)43-40(16-17-40)29-10-6-26(7-11-29)39(46)47)37-35(21-28)44(32-12-13-32)23-36(37)48-33-14-8-25(9-15-33)24-4-2-1-3-5-24/h1-11,14-15,18-23,32H,12-13,16-17H2,(H,43,45)(H,46,47). The molecule has 1 heterocycles. The zero-order chi connectivity index (χ0) is 33.0. The number of fused-ring (bicyclic) bond motifs is 1. The van der Waals surface area contributed by atoms with Crippen molar-refractivity contribution in [1.82, 2.24) is 9.88 Å². The Morgan fingerprint density at radius 3 is 2.04 bits per heavy atom. The van der Waals surface area contributed by atoms with Crippen molar-refractivity contribution in [2.24, 2.45) is 0 Å². The number of amides is 1. The summed E-state index contributed by atoms with van der Waals surface area (Å²) in [5.74, 6) is -2.69. The molecule has 0 spiro atoms. The normalized spacial score (nSPS) is 15.0. The molecule has 2 fully saturated rings. The Bertz CT molecular complexity index is 2180. The number of aromatic nitrogens is 1. The predicted octanol–water partition coefficient (Wildman–Crippen LogP) is 9.86. The van der Waals surface area contributed by atoms with Gasteiger partial charge in [-0.3, -0.25) is 4.79 Å². The second-order valence-electron chi connectivity index (χ2n) is 12.6. The van der Waals surface area contributed by atoms with Gasteiger partial charge in [-0.1, -0.05) is 66.4 Å². The summed E-state index contributed by atoms with van der Waals surface area (Å²) in [6.07, 6.45) is 5.54. The highest BCUT2D eigenvalue weighted by molar-refractivity contribution is 7.99. The maximum atomic E-state index is 14.4. The summed E-state index contributed by atoms with van der Waals surface area (Å²) in [5, 5.41) is 13.4. The number of carboxylic acid groups (broad SMARTS) is 1. The summed E-state index contributed by atoms with van der Waals surface area (Å²) >= 11 is 1.58. The Kier molecular flexibility index (Phi) is 7.41. The Morgan fingerprint density at radius 2 is 1.42 bits per heavy atom. The molecule has 8 heteroatoms. The number of hydrogen-bond donors (Lipinski definition) is 2. The Labute approximate surface area is 280 Å². The molecule has 0 saturated heterocycles. The van der Waals surface area contributed by atoms with E-state index in [1.54, 1.807) is 42.1 Å². The Hall–Kier alpha value is -5.21. The highest BCUT2D eigenvalue weighted by atomic mass is 32.2. The summed E-state index contributed by atoms with van der Waals surface area (Å²) in [6.45, 7) is 0. The van der Waals surface area contributed by atoms with Crippen molar-refractivity contribution in [2.45, 2.75) is 47.1 Å². The van der Waals surface area contributed by atoms with Crippen LogP contribution in [0.25, 0.3) is 33.2 Å². The topological polar surface area (TPSA) is 71.3 Å². The summed E-state index contributed by atoms with van der Waals surface area (Å²) in [5.41, 5.74) is 4.79. The van der Waals surface area contributed by atoms with Gasteiger partial charge in [0.25, 0.3) is 5.91 Å². The molecule has 0 unspecified atom stereocenters. The molecule has 0 radical (unpaired) electrons. The van der Waals surface area contributed by atoms with Crippen LogP contribution in [0.2, 0.25) is 0 Å². The first-order chi connectivity index (χ1) is 23.3. The lowest BCUT2D eigenvalue weighted by atomic mass is 9.98. The highest BCUT2D eigenvalue weighted by Crippen LogP contribution is 2.48. The molecule has 1 amide bonds. The summed E-state index contributed by atoms with van der Waals surface area (Å²) in [6, 6.07) is 32.5. The van der Waals surface area contributed by atoms with Gasteiger partial charge >= 0.3 is 5.97 Å². The second kappa shape index (κ2) is 11.8. The van der Waals surface area contributed by atoms with Crippen molar-refractivity contribution in [1.29, 1.82) is 0 Å². The first-order valence-electron chi connectivity index (χ1n) is 15.9. The lowest BCUT2D eigenvalue weighted by Crippen LogP contribution is -2.35. The summed E-state index contributed by atoms with van der Waals surface area (Å²) in [7, 11) is 0. The number of halogens is 2. The van der Waals surface area contributed by atoms with Crippen molar-refractivity contribution in [3.05, 3.63) is 144 Å². The molecule has 8 rings (SSSR count). The maximum Gasteiger partial charge on any atom is 0.335 e. The molecule has 2 saturated carbocycles. The van der Waals surface area contributed by atoms with E-state index < -0.39 is 23.1 Å². The van der Waals surface area contributed by atoms with Crippen LogP contribution in [0.15, 0.2) is 125 Å². The molecule has 6 aromatic rings. The third-order valence-corrected chi connectivity index (χ3v) is 10.3. The molecular formula is C40H30F2N2O3S. The van der Waals surface area contributed by atoms with Gasteiger partial charge in [0.05, 0.1) is 22.2 Å². The number of benzene rings is 5. The maximum absolute atomic E-state index is 14.4. The van der Waals surface area contributed by atoms with Crippen LogP contribution in [-0.4, -0.2) is 21.6 Å². The lowest BCUT2D eigenvalue weighted by molar-refractivity contribution is 0.0696. The van der Waals surface area contributed by atoms with Gasteiger partial charge in [0.2, 0.25) is 0 Å². The second-order valence-corrected chi connectivity index (χ2v) is 13.7. The van der Waals surface area contributed by atoms with Crippen LogP contribution in [0.4, 0.5) is 8.78 Å². The van der Waals surface area contributed by atoms with Crippen LogP contribution in [0.3, 0.4) is 0 Å². The largest absolute Gasteiger partial charge is 0.478 e. The highest BCUT2D eigenvalue weighted by Gasteiger charge is 2.46. The number of carboxylic acids is 1. The fourth-order valence-electron chi connectivity index (χ4n) is 6.45. The first kappa shape index (κ1) is 30.1. The van der Waals surface area contributed by atoms with Crippen molar-refractivity contribution < 1.29 is 23.5 Å². The fourth-order valence-corrected chi connectivity index (χ4v) is 7.46. The van der Waals surface area contributed by atoms with Gasteiger partial charge in [0, 0.05) is 33.5 Å². The molecule has 2 aliphatic carbocycles. The Morgan fingerprint density at radius 1 is 0.771 bits per heavy atom. The average Bonchev–Trinajstić information content (AvgIpc) is 4.04. The van der Waals surface area contributed by atoms with Crippen molar-refractivity contribution >= 4 is 34.5 Å². The van der Waals surface area contributed by atoms with Crippen LogP contribution in [0.1, 0.15) is 58.0 Å². The minimum Gasteiger partial charge on any atom is -0.478 e. The van der Waals surface area contributed by atoms with Crippen LogP contribution in [0, 0.1) is 11.6 Å². The smallest absolute Gasteiger partial charge is 0.335 e. The number of nitrogens with one attached hydrogen (secondary N) is 1. The van der Waals surface area contributed by atoms with Gasteiger partial charge in [0.15, 0.2) is 0 Å². The molecule has 48 heavy (non-hydrogen) atoms. The van der Waals surface area contributed by atoms with E-state index in [1.807, 2.05) is 24.3 Å². The molecule has 0 aliphatic heterocycles. The van der Waals surface area contributed by atoms with E-state index in [9.17, 15) is 23.5 Å². The van der Waals surface area contributed by atoms with Crippen LogP contribution in [-0.2, 0) is 5.54 Å². The molecule has 1 aromatic heterocycles. The molecular weight excluding hydrogens is 627 g/mol. The Balaban J connectivity index is 1.23. The van der Waals surface area contributed by atoms with Gasteiger partial charge in [-0.2, -0.15) is 0 Å². The van der Waals surface area contributed by atoms with Crippen molar-refractivity contribution in [3.63, 3.8) is 0 Å². The molecule has 0 bridgehead atoms. The zero-order valence-electron chi connectivity index (χ0n) is 25.8. The molecule has 5 nitrogen and oxygen atoms in total. The average molecular weight is 657 g/mol. The lowest BCUT2D eigenvalue weighted by Gasteiger charge is -2.20. The molecule has 238 valence electrons. The summed E-state index contributed by atoms with van der Waals surface area (Å²) in [4.78, 5) is 27.8. The number of hydrogen-bond acceptors (Lipinski definition) is 3. The van der Waals surface area contributed by atoms with Crippen LogP contribution < -0.4 is 5.32 Å². The minimum absolute atomic E-state index is 0.178. The van der Waals surface area contributed by atoms with Crippen LogP contribution in [0.5, 0.6) is 0 Å². The minimum atomic E-state index is -1.01. The van der Waals surface area contributed by atoms with Gasteiger partial charge < -0.3 is 15.0 Å². The van der Waals surface area contributed by atoms with Gasteiger partial charge in [-0.25, -0.2) is 13.6 Å². The SMILES string of the molecule is O=C(O)c1ccc(C2(NC(=O)c3cc(-c4cc(F)cc(F)c4)cc4c3c(Sc3ccc(-c5ccccc5)cc3)cn4C3CC3)CC2)cc1. The molecule has 2 aliphatic rings. The predicted molar refractivity (Wildman–Crippen MR) is 183 cm³/mol. The van der Waals surface area contributed by atoms with E-state index in [4.69, 9.17) is 0 Å². The summed E-state index contributed by atoms with van der Waals surface area (Å²) < 4.78 is 31.0. The van der Waals surface area contributed by atoms with Gasteiger partial charge in [0.1, 0.15) is 11.6 Å². The third-order valence-electron chi connectivity index (χ3n) is 9.26. The van der Waals surface area contributed by atoms with E-state index in [0.717, 1.165) is 56.3 Å². The van der Waals surface area contributed by atoms with Gasteiger partial charge in [-0.15, -0.1) is 0 Å². The number of carbonyl (C=O) groups is 2. The number of nitrogens with zero attached hydrogens (tertiary/aromatic N) is 1. The van der Waals surface area contributed by atoms with Gasteiger partial charge in [-0.05, 0) is 102 Å². The monoisotopic (exact) mass is 656 g/mol. The number of aromatic carboxylic acids is 1. The van der Waals surface area contributed by atoms with E-state index in [2.05, 4.69) is 52.5 Å². The third kappa shape index (κ3) is 5.77. The van der Waals surface area contributed by atoms with E-state index >= 15 is 0 Å². The zero-order valence-corrected chi connectivity index (χ0v) is 26.6.